The van der Waals surface area contributed by atoms with Gasteiger partial charge >= 0.3 is 17.1 Å². The molecule has 0 unspecified atom stereocenters. The van der Waals surface area contributed by atoms with Gasteiger partial charge in [0.15, 0.2) is 0 Å². The van der Waals surface area contributed by atoms with Crippen molar-refractivity contribution in [1.29, 1.82) is 0 Å². The normalized spacial score (nSPS) is 8.53. The van der Waals surface area contributed by atoms with Crippen molar-refractivity contribution in [3.05, 3.63) is 49.6 Å². The van der Waals surface area contributed by atoms with Gasteiger partial charge in [0, 0.05) is 0 Å². The third-order valence-corrected chi connectivity index (χ3v) is 0.737. The van der Waals surface area contributed by atoms with Crippen molar-refractivity contribution >= 4 is 11.9 Å². The molecule has 0 heterocycles. The molecule has 0 aliphatic heterocycles. The van der Waals surface area contributed by atoms with E-state index in [0.29, 0.717) is 0 Å². The van der Waals surface area contributed by atoms with Gasteiger partial charge in [-0.3, -0.25) is 0 Å². The fourth-order valence-electron chi connectivity index (χ4n) is 0.293. The molecule has 0 aliphatic rings. The van der Waals surface area contributed by atoms with Crippen LogP contribution in [-0.2, 0) is 26.7 Å². The topological polar surface area (TPSA) is 80.3 Å². The van der Waals surface area contributed by atoms with Crippen molar-refractivity contribution in [1.82, 2.24) is 0 Å². The van der Waals surface area contributed by atoms with E-state index in [-0.39, 0.29) is 17.1 Å². The van der Waals surface area contributed by atoms with E-state index in [4.69, 9.17) is 0 Å². The minimum Gasteiger partial charge on any atom is -0.545 e. The van der Waals surface area contributed by atoms with Crippen LogP contribution >= 0.6 is 0 Å². The summed E-state index contributed by atoms with van der Waals surface area (Å²) in [6, 6.07) is 0. The first kappa shape index (κ1) is 19.1. The summed E-state index contributed by atoms with van der Waals surface area (Å²) < 4.78 is 0. The number of hydrogen-bond acceptors (Lipinski definition) is 4. The van der Waals surface area contributed by atoms with Crippen LogP contribution in [0.1, 0.15) is 0 Å². The van der Waals surface area contributed by atoms with Crippen LogP contribution < -0.4 is 10.2 Å². The maximum absolute atomic E-state index is 9.51. The van der Waals surface area contributed by atoms with Crippen LogP contribution in [0.15, 0.2) is 49.6 Å². The van der Waals surface area contributed by atoms with Crippen molar-refractivity contribution in [2.45, 2.75) is 0 Å². The molecule has 0 atom stereocenters. The number of carbonyl (C=O) groups excluding carboxylic acids is 2. The summed E-state index contributed by atoms with van der Waals surface area (Å²) in [5, 5.41) is 19.0. The van der Waals surface area contributed by atoms with E-state index in [1.165, 1.54) is 24.3 Å². The molecule has 4 nitrogen and oxygen atoms in total. The summed E-state index contributed by atoms with van der Waals surface area (Å²) in [6.07, 6.45) is 7.16. The first-order chi connectivity index (χ1) is 6.54. The quantitative estimate of drug-likeness (QED) is 0.362. The number of carbonyl (C=O) groups is 2. The molecular formula is C10H10FeO4. The number of allylic oxidation sites excluding steroid dienone is 4. The third-order valence-electron chi connectivity index (χ3n) is 0.737. The van der Waals surface area contributed by atoms with Crippen molar-refractivity contribution in [3.63, 3.8) is 0 Å². The van der Waals surface area contributed by atoms with Gasteiger partial charge in [0.2, 0.25) is 0 Å². The van der Waals surface area contributed by atoms with E-state index < -0.39 is 11.9 Å². The van der Waals surface area contributed by atoms with Gasteiger partial charge in [-0.2, -0.15) is 0 Å². The molecule has 0 radical (unpaired) electrons. The van der Waals surface area contributed by atoms with Gasteiger partial charge < -0.3 is 19.8 Å². The zero-order valence-corrected chi connectivity index (χ0v) is 8.97. The van der Waals surface area contributed by atoms with Crippen molar-refractivity contribution in [2.75, 3.05) is 0 Å². The van der Waals surface area contributed by atoms with Crippen LogP contribution in [0, 0.1) is 0 Å². The Morgan fingerprint density at radius 3 is 1.20 bits per heavy atom. The number of carboxylic acids is 2. The Morgan fingerprint density at radius 1 is 0.867 bits per heavy atom. The maximum atomic E-state index is 9.51. The summed E-state index contributed by atoms with van der Waals surface area (Å²) >= 11 is 0. The fourth-order valence-corrected chi connectivity index (χ4v) is 0.293. The first-order valence-electron chi connectivity index (χ1n) is 3.54. The molecule has 0 spiro atoms. The molecular weight excluding hydrogens is 240 g/mol. The van der Waals surface area contributed by atoms with Crippen LogP contribution in [0.4, 0.5) is 0 Å². The molecule has 0 aliphatic carbocycles. The standard InChI is InChI=1S/2C5H6O2.Fe/c2*1-2-3-4-5(6)7;/h2*2-4H,1H2,(H,6,7);/q;;+2/p-2/b2*4-3+;. The predicted octanol–water partition coefficient (Wildman–Crippen LogP) is -1.05. The van der Waals surface area contributed by atoms with Gasteiger partial charge in [-0.15, -0.1) is 0 Å². The second kappa shape index (κ2) is 14.9. The average Bonchev–Trinajstić information content (AvgIpc) is 2.12. The molecule has 0 aromatic carbocycles. The monoisotopic (exact) mass is 250 g/mol. The van der Waals surface area contributed by atoms with Gasteiger partial charge in [0.1, 0.15) is 0 Å². The van der Waals surface area contributed by atoms with E-state index in [9.17, 15) is 19.8 Å². The number of rotatable bonds is 4. The van der Waals surface area contributed by atoms with Gasteiger partial charge in [-0.05, 0) is 12.2 Å². The van der Waals surface area contributed by atoms with Crippen molar-refractivity contribution in [3.8, 4) is 0 Å². The SMILES string of the molecule is C=C/C=C/C(=O)[O-].C=C/C=C/C(=O)[O-].[Fe+2]. The molecule has 0 bridgehead atoms. The zero-order chi connectivity index (χ0) is 11.4. The molecule has 0 amide bonds. The Morgan fingerprint density at radius 2 is 1.13 bits per heavy atom. The van der Waals surface area contributed by atoms with E-state index >= 15 is 0 Å². The zero-order valence-electron chi connectivity index (χ0n) is 7.86. The smallest absolute Gasteiger partial charge is 0.545 e. The average molecular weight is 250 g/mol. The molecule has 15 heavy (non-hydrogen) atoms. The van der Waals surface area contributed by atoms with Crippen LogP contribution in [0.2, 0.25) is 0 Å². The Balaban J connectivity index is -0.000000180. The van der Waals surface area contributed by atoms with Crippen molar-refractivity contribution in [2.24, 2.45) is 0 Å². The Kier molecular flexibility index (Phi) is 19.0. The minimum atomic E-state index is -1.19. The molecule has 0 fully saturated rings. The first-order valence-corrected chi connectivity index (χ1v) is 3.54. The molecule has 0 aromatic heterocycles. The maximum Gasteiger partial charge on any atom is 2.00 e. The van der Waals surface area contributed by atoms with E-state index in [1.54, 1.807) is 0 Å². The Hall–Kier alpha value is -1.58. The van der Waals surface area contributed by atoms with Gasteiger partial charge in [0.25, 0.3) is 0 Å². The second-order valence-electron chi connectivity index (χ2n) is 1.83. The van der Waals surface area contributed by atoms with Crippen LogP contribution in [0.25, 0.3) is 0 Å². The molecule has 0 rings (SSSR count). The van der Waals surface area contributed by atoms with Gasteiger partial charge in [-0.1, -0.05) is 37.5 Å². The van der Waals surface area contributed by atoms with Gasteiger partial charge in [0.05, 0.1) is 11.9 Å². The second-order valence-corrected chi connectivity index (χ2v) is 1.83. The molecule has 0 saturated heterocycles. The van der Waals surface area contributed by atoms with E-state index in [0.717, 1.165) is 12.2 Å². The molecule has 5 heteroatoms. The number of carboxylic acid groups (broad SMARTS) is 2. The summed E-state index contributed by atoms with van der Waals surface area (Å²) in [4.78, 5) is 19.0. The predicted molar refractivity (Wildman–Crippen MR) is 48.7 cm³/mol. The summed E-state index contributed by atoms with van der Waals surface area (Å²) in [5.41, 5.74) is 0. The van der Waals surface area contributed by atoms with E-state index in [1.807, 2.05) is 0 Å². The molecule has 0 saturated carbocycles. The minimum absolute atomic E-state index is 0. The number of aliphatic carboxylic acids is 2. The summed E-state index contributed by atoms with van der Waals surface area (Å²) in [7, 11) is 0. The summed E-state index contributed by atoms with van der Waals surface area (Å²) in [6.45, 7) is 6.51. The fraction of sp³-hybridized carbons (Fsp3) is 0. The van der Waals surface area contributed by atoms with Crippen LogP contribution in [0.5, 0.6) is 0 Å². The van der Waals surface area contributed by atoms with E-state index in [2.05, 4.69) is 13.2 Å². The third kappa shape index (κ3) is 32.7. The Labute approximate surface area is 98.8 Å². The van der Waals surface area contributed by atoms with Crippen LogP contribution in [-0.4, -0.2) is 11.9 Å². The van der Waals surface area contributed by atoms with Gasteiger partial charge in [-0.25, -0.2) is 0 Å². The molecule has 0 aromatic rings. The molecule has 82 valence electrons. The number of hydrogen-bond donors (Lipinski definition) is 0. The Bertz CT molecular complexity index is 239. The summed E-state index contributed by atoms with van der Waals surface area (Å²) in [5.74, 6) is -2.39. The van der Waals surface area contributed by atoms with Crippen molar-refractivity contribution < 1.29 is 36.9 Å². The van der Waals surface area contributed by atoms with Crippen LogP contribution in [0.3, 0.4) is 0 Å². The largest absolute Gasteiger partial charge is 2.00 e. The molecule has 0 N–H and O–H groups in total.